The van der Waals surface area contributed by atoms with Gasteiger partial charge in [0.05, 0.1) is 47.8 Å². The van der Waals surface area contributed by atoms with Crippen LogP contribution in [0, 0.1) is 133 Å². The minimum absolute atomic E-state index is 0.107. The molecule has 6 saturated heterocycles. The predicted octanol–water partition coefficient (Wildman–Crippen LogP) is 12.8. The van der Waals surface area contributed by atoms with Gasteiger partial charge in [-0.2, -0.15) is 4.98 Å². The van der Waals surface area contributed by atoms with Crippen molar-refractivity contribution in [3.8, 4) is 97.2 Å². The predicted molar refractivity (Wildman–Crippen MR) is 527 cm³/mol. The number of hydrogen-bond acceptors (Lipinski definition) is 21. The topological polar surface area (TPSA) is 456 Å². The highest BCUT2D eigenvalue weighted by Crippen LogP contribution is 2.39. The van der Waals surface area contributed by atoms with Crippen LogP contribution in [0.2, 0.25) is 0 Å². The Balaban J connectivity index is 0.000000225. The number of nitrogens with zero attached hydrogens (tertiary/aromatic N) is 10. The van der Waals surface area contributed by atoms with Gasteiger partial charge in [-0.15, -0.1) is 49.9 Å². The number of carbonyl (C=O) groups is 1. The molecule has 137 heavy (non-hydrogen) atoms. The number of anilines is 1. The molecule has 734 valence electrons. The second-order valence-corrected chi connectivity index (χ2v) is 35.2. The number of nitrogen functional groups attached to an aromatic ring is 1. The number of nitrogens with two attached hydrogens (primary N) is 1. The number of aryl methyl sites for hydroxylation is 1. The monoisotopic (exact) mass is 1880 g/mol. The van der Waals surface area contributed by atoms with Gasteiger partial charge < -0.3 is 34.2 Å². The molecule has 0 saturated carbocycles. The number of unbranched alkanes of at least 4 members (excludes halogenated alkanes) is 9. The number of azide groups is 1. The lowest BCUT2D eigenvalue weighted by Crippen LogP contribution is -2.34. The normalized spacial score (nSPS) is 23.5. The van der Waals surface area contributed by atoms with Crippen molar-refractivity contribution in [3.63, 3.8) is 0 Å². The number of aromatic amines is 5. The molecule has 6 aliphatic rings. The molecule has 0 spiro atoms. The van der Waals surface area contributed by atoms with Crippen LogP contribution in [0.4, 0.5) is 5.82 Å². The molecule has 0 amide bonds. The summed E-state index contributed by atoms with van der Waals surface area (Å²) >= 11 is 0. The van der Waals surface area contributed by atoms with Crippen molar-refractivity contribution < 1.29 is 33.2 Å². The minimum atomic E-state index is -0.531. The van der Waals surface area contributed by atoms with Crippen LogP contribution in [0.1, 0.15) is 334 Å². The van der Waals surface area contributed by atoms with Crippen molar-refractivity contribution in [2.75, 3.05) is 12.3 Å². The minimum Gasteiger partial charge on any atom is -0.382 e. The van der Waals surface area contributed by atoms with E-state index < -0.39 is 50.7 Å². The van der Waals surface area contributed by atoms with E-state index in [9.17, 15) is 57.5 Å². The van der Waals surface area contributed by atoms with Gasteiger partial charge in [-0.25, -0.2) is 28.8 Å². The third-order valence-electron chi connectivity index (χ3n) is 24.9. The third kappa shape index (κ3) is 33.2. The molecule has 6 aromatic rings. The number of H-pyrrole nitrogens is 5. The largest absolute Gasteiger partial charge is 0.382 e. The van der Waals surface area contributed by atoms with E-state index >= 15 is 0 Å². The van der Waals surface area contributed by atoms with Crippen molar-refractivity contribution in [3.05, 3.63) is 202 Å². The molecule has 18 atom stereocenters. The highest BCUT2D eigenvalue weighted by Gasteiger charge is 2.39. The number of rotatable bonds is 30. The Morgan fingerprint density at radius 3 is 1.13 bits per heavy atom. The first-order valence-electron chi connectivity index (χ1n) is 47.7. The van der Waals surface area contributed by atoms with Gasteiger partial charge in [-0.1, -0.05) is 142 Å². The second-order valence-electron chi connectivity index (χ2n) is 35.2. The number of allylic oxidation sites excluding steroid dienone is 1. The van der Waals surface area contributed by atoms with E-state index in [1.165, 1.54) is 64.3 Å². The van der Waals surface area contributed by atoms with Gasteiger partial charge >= 0.3 is 34.1 Å². The molecule has 6 aliphatic heterocycles. The zero-order valence-corrected chi connectivity index (χ0v) is 81.0. The quantitative estimate of drug-likeness (QED) is 0.00802. The molecule has 0 radical (unpaired) electrons. The maximum Gasteiger partial charge on any atom is 0.351 e. The van der Waals surface area contributed by atoms with Crippen molar-refractivity contribution >= 4 is 17.7 Å². The summed E-state index contributed by atoms with van der Waals surface area (Å²) in [5, 5.41) is 3.48. The zero-order valence-electron chi connectivity index (χ0n) is 81.0. The van der Waals surface area contributed by atoms with Crippen LogP contribution in [0.15, 0.2) is 101 Å². The summed E-state index contributed by atoms with van der Waals surface area (Å²) in [6.07, 6.45) is 59.0. The summed E-state index contributed by atoms with van der Waals surface area (Å²) in [6.45, 7) is 25.5. The van der Waals surface area contributed by atoms with E-state index in [-0.39, 0.29) is 108 Å². The molecule has 6 aromatic heterocycles. The average molecular weight is 1880 g/mol. The zero-order chi connectivity index (χ0) is 100. The fourth-order valence-corrected chi connectivity index (χ4v) is 17.1. The summed E-state index contributed by atoms with van der Waals surface area (Å²) in [5.74, 6) is 32.4. The first-order valence-corrected chi connectivity index (χ1v) is 47.7. The Bertz CT molecular complexity index is 6280. The third-order valence-corrected chi connectivity index (χ3v) is 24.9. The van der Waals surface area contributed by atoms with E-state index in [4.69, 9.17) is 71.8 Å². The lowest BCUT2D eigenvalue weighted by atomic mass is 10.0. The molecule has 12 heterocycles. The molecule has 34 heteroatoms. The average Bonchev–Trinajstić information content (AvgIpc) is 1.73. The molecular formula is C103H134N16O18. The number of terminal acetylenes is 5. The van der Waals surface area contributed by atoms with Crippen molar-refractivity contribution in [2.24, 2.45) is 40.6 Å². The molecule has 12 rings (SSSR count). The van der Waals surface area contributed by atoms with Crippen molar-refractivity contribution in [1.82, 2.24) is 57.3 Å². The van der Waals surface area contributed by atoms with E-state index in [0.29, 0.717) is 109 Å². The summed E-state index contributed by atoms with van der Waals surface area (Å²) in [7, 11) is 0. The Labute approximate surface area is 799 Å². The van der Waals surface area contributed by atoms with Gasteiger partial charge in [-0.05, 0) is 182 Å². The van der Waals surface area contributed by atoms with Crippen molar-refractivity contribution in [1.29, 1.82) is 0 Å². The molecule has 7 N–H and O–H groups in total. The molecule has 6 fully saturated rings. The fourth-order valence-electron chi connectivity index (χ4n) is 17.1. The maximum absolute atomic E-state index is 12.2. The Morgan fingerprint density at radius 2 is 0.759 bits per heavy atom. The number of hydrogen-bond donors (Lipinski definition) is 6. The van der Waals surface area contributed by atoms with Crippen LogP contribution < -0.4 is 67.7 Å². The SMILES string of the molecule is C#C/C=C/c1cn([C@H]2CC(C)[C@@H](CC)O2)c(=O)[nH]c1=O.C#CCCC(=O)CCCC#Cc1cn([C@H]2CC(C)[C@@H](CC)O2)c(=O)[nH]c1=O.C#CCCCCC#Cc1cn([C@H]2CC(C)[C@@H](CC)O2)c(=O)[nH]c1=O.C#CCCCCC#Cc1cn([C@H]2CC(C)[C@@H](CC)O2)c(=O)nc1N.C#Cc1cn([C@H]2CC(C)[C@@H](CC)O2)c(=O)[nH]c1=O.CC[C@H]1O[C@@H](n2cc(CCCCCN=[N+]=[N-])c(=O)[nH]c2=O)CC1C. The van der Waals surface area contributed by atoms with Crippen molar-refractivity contribution in [2.45, 2.75) is 343 Å². The van der Waals surface area contributed by atoms with Crippen LogP contribution in [0.3, 0.4) is 0 Å². The lowest BCUT2D eigenvalue weighted by molar-refractivity contribution is -0.119. The highest BCUT2D eigenvalue weighted by molar-refractivity contribution is 5.78. The number of ketones is 1. The number of carbonyl (C=O) groups excluding carboxylic acids is 1. The second kappa shape index (κ2) is 57.2. The molecule has 0 aliphatic carbocycles. The summed E-state index contributed by atoms with van der Waals surface area (Å²) < 4.78 is 44.2. The van der Waals surface area contributed by atoms with E-state index in [1.807, 2.05) is 13.8 Å². The van der Waals surface area contributed by atoms with Gasteiger partial charge in [0.15, 0.2) is 0 Å². The summed E-state index contributed by atoms with van der Waals surface area (Å²) in [4.78, 5) is 161. The molecule has 0 aromatic carbocycles. The highest BCUT2D eigenvalue weighted by atomic mass is 16.5. The van der Waals surface area contributed by atoms with Gasteiger partial charge in [0.2, 0.25) is 0 Å². The Morgan fingerprint density at radius 1 is 0.423 bits per heavy atom. The lowest BCUT2D eigenvalue weighted by Gasteiger charge is -2.16. The fraction of sp³-hybridized carbons (Fsp3) is 0.583. The summed E-state index contributed by atoms with van der Waals surface area (Å²) in [5.41, 5.74) is 11.3. The Kier molecular flexibility index (Phi) is 46.3. The van der Waals surface area contributed by atoms with Gasteiger partial charge in [0, 0.05) is 106 Å². The van der Waals surface area contributed by atoms with Crippen LogP contribution in [0.25, 0.3) is 16.5 Å². The smallest absolute Gasteiger partial charge is 0.351 e. The van der Waals surface area contributed by atoms with Crippen LogP contribution in [-0.2, 0) is 39.6 Å². The molecule has 6 unspecified atom stereocenters. The molecular weight excluding hydrogens is 1750 g/mol. The standard InChI is InChI=1S/C21H26N2O4.C19H25N3O2.C19H24N2O3.C16H25N5O3.C15H18N2O3.C13H16N2O3/c1-4-6-11-17(24)12-9-7-8-10-16-14-23(21(26)22-20(16)25)19-13-15(3)18(5-2)27-19;1-4-6-7-8-9-10-11-15-13-22(19(23)21-18(15)20)17-12-14(3)16(5-2)24-17;1-4-6-7-8-9-10-11-15-13-21(19(23)20-18(15)22)17-12-14(3)16(5-2)24-17;1-3-13-11(2)9-14(24-13)21-10-12(15(22)19-16(21)23)7-5-4-6-8-18-20-17;1-4-6-7-11-9-17(15(19)16-14(11)18)13-8-10(3)12(5-2)20-13;1-4-9-7-15(13(17)14-12(9)16)11-6-8(3)10(5-2)18-11/h1,14-15,18-19H,5-7,9,11-13H2,2-3H3,(H,22,25,26);1,13-14,16-17H,5-9,12H2,2-3H3,(H2,20,21,23);1,13-14,16-17H,5-9,12H2,2-3H3,(H,20,22,23);10-11,13-14H,3-9H2,1-2H3,(H,19,22,23);1,6-7,9-10,12-13H,5,8H2,2-3H3,(H,16,18,19);1,7-8,10-11H,5-6H2,2-3H3,(H,14,16,17)/b;;;;7-6+;/t15?,18-,19-;2*14?,16-,17-;11?,13-,14-;10?,12-,13-;8?,10-,11-/m111111/s1. The van der Waals surface area contributed by atoms with Gasteiger partial charge in [0.25, 0.3) is 27.8 Å². The first kappa shape index (κ1) is 111. The summed E-state index contributed by atoms with van der Waals surface area (Å²) in [6, 6.07) is 0. The van der Waals surface area contributed by atoms with Crippen LogP contribution >= 0.6 is 0 Å². The van der Waals surface area contributed by atoms with Gasteiger partial charge in [0.1, 0.15) is 65.7 Å². The number of ether oxygens (including phenoxy) is 6. The molecule has 0 bridgehead atoms. The first-order chi connectivity index (χ1) is 65.8. The number of aromatic nitrogens is 12. The van der Waals surface area contributed by atoms with E-state index in [0.717, 1.165) is 141 Å². The number of nitrogens with one attached hydrogen (secondary N) is 5. The van der Waals surface area contributed by atoms with Gasteiger partial charge in [-0.3, -0.25) is 81.1 Å². The van der Waals surface area contributed by atoms with E-state index in [1.54, 1.807) is 12.4 Å². The maximum atomic E-state index is 12.2. The number of Topliss-reactive ketones (excluding diaryl/α,β-unsaturated/α-hetero) is 1. The van der Waals surface area contributed by atoms with Crippen LogP contribution in [0.5, 0.6) is 0 Å². The van der Waals surface area contributed by atoms with Crippen LogP contribution in [-0.4, -0.2) is 106 Å². The molecule has 34 nitrogen and oxygen atoms in total. The van der Waals surface area contributed by atoms with E-state index in [2.05, 4.69) is 174 Å². The Hall–Kier alpha value is -13.0.